The molecule has 1 N–H and O–H groups in total. The van der Waals surface area contributed by atoms with Gasteiger partial charge in [0.15, 0.2) is 11.5 Å². The van der Waals surface area contributed by atoms with Crippen molar-refractivity contribution >= 4 is 46.9 Å². The Kier molecular flexibility index (Phi) is 8.18. The molecular weight excluding hydrogens is 459 g/mol. The molecule has 1 amide bonds. The predicted octanol–water partition coefficient (Wildman–Crippen LogP) is 6.39. The van der Waals surface area contributed by atoms with Crippen molar-refractivity contribution in [2.45, 2.75) is 13.5 Å². The number of rotatable bonds is 8. The van der Waals surface area contributed by atoms with Gasteiger partial charge in [0, 0.05) is 15.6 Å². The van der Waals surface area contributed by atoms with Crippen LogP contribution in [0.3, 0.4) is 0 Å². The van der Waals surface area contributed by atoms with E-state index in [2.05, 4.69) is 10.5 Å². The number of hydrazone groups is 1. The summed E-state index contributed by atoms with van der Waals surface area (Å²) in [5.74, 6) is 0.558. The summed E-state index contributed by atoms with van der Waals surface area (Å²) in [6.07, 6.45) is 1.48. The first kappa shape index (κ1) is 22.9. The minimum atomic E-state index is -0.355. The van der Waals surface area contributed by atoms with Crippen LogP contribution in [0.2, 0.25) is 15.1 Å². The first-order valence-electron chi connectivity index (χ1n) is 9.39. The highest BCUT2D eigenvalue weighted by atomic mass is 35.5. The number of hydrogen-bond donors (Lipinski definition) is 1. The second-order valence-corrected chi connectivity index (χ2v) is 7.66. The molecule has 3 aromatic rings. The van der Waals surface area contributed by atoms with Crippen LogP contribution >= 0.6 is 34.8 Å². The Balaban J connectivity index is 1.71. The Morgan fingerprint density at radius 2 is 1.61 bits per heavy atom. The highest BCUT2D eigenvalue weighted by molar-refractivity contribution is 6.32. The van der Waals surface area contributed by atoms with Crippen molar-refractivity contribution in [2.24, 2.45) is 5.10 Å². The maximum atomic E-state index is 12.1. The van der Waals surface area contributed by atoms with E-state index in [4.69, 9.17) is 44.3 Å². The Morgan fingerprint density at radius 3 is 2.26 bits per heavy atom. The number of nitrogens with one attached hydrogen (secondary N) is 1. The molecule has 5 nitrogen and oxygen atoms in total. The van der Waals surface area contributed by atoms with Gasteiger partial charge in [0.2, 0.25) is 0 Å². The zero-order valence-electron chi connectivity index (χ0n) is 16.6. The summed E-state index contributed by atoms with van der Waals surface area (Å²) in [5.41, 5.74) is 4.50. The lowest BCUT2D eigenvalue weighted by Crippen LogP contribution is -2.17. The molecule has 0 heterocycles. The van der Waals surface area contributed by atoms with Gasteiger partial charge in [-0.15, -0.1) is 0 Å². The second-order valence-electron chi connectivity index (χ2n) is 6.38. The fourth-order valence-electron chi connectivity index (χ4n) is 2.63. The molecule has 3 rings (SSSR count). The molecule has 0 bridgehead atoms. The molecule has 0 saturated heterocycles. The lowest BCUT2D eigenvalue weighted by atomic mass is 10.2. The zero-order chi connectivity index (χ0) is 22.2. The lowest BCUT2D eigenvalue weighted by Gasteiger charge is -2.14. The van der Waals surface area contributed by atoms with E-state index in [1.807, 2.05) is 19.1 Å². The molecular formula is C23H19Cl3N2O3. The summed E-state index contributed by atoms with van der Waals surface area (Å²) in [5, 5.41) is 5.56. The molecule has 0 fully saturated rings. The maximum Gasteiger partial charge on any atom is 0.271 e. The van der Waals surface area contributed by atoms with Crippen LogP contribution < -0.4 is 14.9 Å². The molecule has 0 unspecified atom stereocenters. The average Bonchev–Trinajstić information content (AvgIpc) is 2.75. The minimum Gasteiger partial charge on any atom is -0.490 e. The Hall–Kier alpha value is -2.73. The fraction of sp³-hybridized carbons (Fsp3) is 0.130. The minimum absolute atomic E-state index is 0.307. The van der Waals surface area contributed by atoms with Crippen molar-refractivity contribution in [3.8, 4) is 11.5 Å². The predicted molar refractivity (Wildman–Crippen MR) is 125 cm³/mol. The summed E-state index contributed by atoms with van der Waals surface area (Å²) in [6.45, 7) is 2.60. The van der Waals surface area contributed by atoms with E-state index in [0.717, 1.165) is 5.56 Å². The van der Waals surface area contributed by atoms with Gasteiger partial charge in [-0.1, -0.05) is 46.9 Å². The van der Waals surface area contributed by atoms with Crippen LogP contribution in [-0.4, -0.2) is 18.7 Å². The van der Waals surface area contributed by atoms with E-state index >= 15 is 0 Å². The van der Waals surface area contributed by atoms with Crippen molar-refractivity contribution in [1.82, 2.24) is 5.43 Å². The third-order valence-electron chi connectivity index (χ3n) is 4.11. The van der Waals surface area contributed by atoms with E-state index in [0.29, 0.717) is 50.9 Å². The van der Waals surface area contributed by atoms with Gasteiger partial charge in [0.25, 0.3) is 5.91 Å². The topological polar surface area (TPSA) is 59.9 Å². The molecule has 3 aromatic carbocycles. The van der Waals surface area contributed by atoms with Gasteiger partial charge >= 0.3 is 0 Å². The third-order valence-corrected chi connectivity index (χ3v) is 4.90. The number of benzene rings is 3. The lowest BCUT2D eigenvalue weighted by molar-refractivity contribution is 0.0955. The first-order chi connectivity index (χ1) is 15.0. The summed E-state index contributed by atoms with van der Waals surface area (Å²) in [7, 11) is 0. The molecule has 0 atom stereocenters. The van der Waals surface area contributed by atoms with Gasteiger partial charge in [-0.2, -0.15) is 5.10 Å². The van der Waals surface area contributed by atoms with Gasteiger partial charge in [-0.05, 0) is 66.6 Å². The van der Waals surface area contributed by atoms with E-state index in [9.17, 15) is 4.79 Å². The SMILES string of the molecule is CCOc1cc(/C=N\NC(=O)c2ccc(Cl)cc2)cc(Cl)c1OCc1ccc(Cl)cc1. The number of carbonyl (C=O) groups is 1. The van der Waals surface area contributed by atoms with E-state index < -0.39 is 0 Å². The van der Waals surface area contributed by atoms with Crippen LogP contribution in [0.1, 0.15) is 28.4 Å². The van der Waals surface area contributed by atoms with Crippen molar-refractivity contribution in [1.29, 1.82) is 0 Å². The Labute approximate surface area is 195 Å². The molecule has 160 valence electrons. The number of nitrogens with zero attached hydrogens (tertiary/aromatic N) is 1. The van der Waals surface area contributed by atoms with E-state index in [1.54, 1.807) is 48.5 Å². The number of carbonyl (C=O) groups excluding carboxylic acids is 1. The summed E-state index contributed by atoms with van der Waals surface area (Å²) in [6, 6.07) is 17.3. The first-order valence-corrected chi connectivity index (χ1v) is 10.5. The molecule has 0 aliphatic heterocycles. The van der Waals surface area contributed by atoms with Crippen LogP contribution in [0.4, 0.5) is 0 Å². The van der Waals surface area contributed by atoms with Crippen molar-refractivity contribution < 1.29 is 14.3 Å². The molecule has 0 aliphatic carbocycles. The van der Waals surface area contributed by atoms with Crippen LogP contribution in [-0.2, 0) is 6.61 Å². The van der Waals surface area contributed by atoms with Crippen LogP contribution in [0, 0.1) is 0 Å². The molecule has 8 heteroatoms. The molecule has 0 saturated carbocycles. The Morgan fingerprint density at radius 1 is 0.968 bits per heavy atom. The van der Waals surface area contributed by atoms with Gasteiger partial charge in [-0.3, -0.25) is 4.79 Å². The van der Waals surface area contributed by atoms with Crippen LogP contribution in [0.15, 0.2) is 65.8 Å². The normalized spacial score (nSPS) is 10.8. The van der Waals surface area contributed by atoms with Gasteiger partial charge in [0.1, 0.15) is 6.61 Å². The number of ether oxygens (including phenoxy) is 2. The van der Waals surface area contributed by atoms with E-state index in [1.165, 1.54) is 6.21 Å². The molecule has 0 aromatic heterocycles. The largest absolute Gasteiger partial charge is 0.490 e. The summed E-state index contributed by atoms with van der Waals surface area (Å²) in [4.78, 5) is 12.1. The Bertz CT molecular complexity index is 1070. The standard InChI is InChI=1S/C23H19Cl3N2O3/c1-2-30-21-12-16(13-27-28-23(29)17-5-9-19(25)10-6-17)11-20(26)22(21)31-14-15-3-7-18(24)8-4-15/h3-13H,2,14H2,1H3,(H,28,29)/b27-13-. The van der Waals surface area contributed by atoms with Gasteiger partial charge < -0.3 is 9.47 Å². The number of amides is 1. The molecule has 0 aliphatic rings. The average molecular weight is 478 g/mol. The number of hydrogen-bond acceptors (Lipinski definition) is 4. The van der Waals surface area contributed by atoms with E-state index in [-0.39, 0.29) is 5.91 Å². The smallest absolute Gasteiger partial charge is 0.271 e. The molecule has 0 radical (unpaired) electrons. The highest BCUT2D eigenvalue weighted by Gasteiger charge is 2.13. The molecule has 0 spiro atoms. The second kappa shape index (κ2) is 11.0. The van der Waals surface area contributed by atoms with Crippen LogP contribution in [0.5, 0.6) is 11.5 Å². The van der Waals surface area contributed by atoms with Crippen molar-refractivity contribution in [3.63, 3.8) is 0 Å². The van der Waals surface area contributed by atoms with Crippen molar-refractivity contribution in [3.05, 3.63) is 92.4 Å². The van der Waals surface area contributed by atoms with Crippen molar-refractivity contribution in [2.75, 3.05) is 6.61 Å². The maximum absolute atomic E-state index is 12.1. The summed E-state index contributed by atoms with van der Waals surface area (Å²) >= 11 is 18.2. The van der Waals surface area contributed by atoms with Crippen LogP contribution in [0.25, 0.3) is 0 Å². The number of halogens is 3. The third kappa shape index (κ3) is 6.62. The monoisotopic (exact) mass is 476 g/mol. The quantitative estimate of drug-likeness (QED) is 0.302. The fourth-order valence-corrected chi connectivity index (χ4v) is 3.16. The highest BCUT2D eigenvalue weighted by Crippen LogP contribution is 2.37. The van der Waals surface area contributed by atoms with Gasteiger partial charge in [-0.25, -0.2) is 5.43 Å². The summed E-state index contributed by atoms with van der Waals surface area (Å²) < 4.78 is 11.6. The molecule has 31 heavy (non-hydrogen) atoms. The zero-order valence-corrected chi connectivity index (χ0v) is 18.8. The van der Waals surface area contributed by atoms with Gasteiger partial charge in [0.05, 0.1) is 17.8 Å².